The second-order valence-corrected chi connectivity index (χ2v) is 7.24. The first-order valence-corrected chi connectivity index (χ1v) is 9.70. The maximum absolute atomic E-state index is 11.7. The maximum Gasteiger partial charge on any atom is 0.330 e. The number of carbonyl (C=O) groups is 1. The van der Waals surface area contributed by atoms with Gasteiger partial charge in [-0.15, -0.1) is 0 Å². The van der Waals surface area contributed by atoms with Gasteiger partial charge >= 0.3 is 5.97 Å². The highest BCUT2D eigenvalue weighted by molar-refractivity contribution is 7.99. The minimum absolute atomic E-state index is 0.00662. The molecule has 0 atom stereocenters. The van der Waals surface area contributed by atoms with Gasteiger partial charge in [-0.1, -0.05) is 30.0 Å². The molecular weight excluding hydrogens is 344 g/mol. The summed E-state index contributed by atoms with van der Waals surface area (Å²) in [6.45, 7) is 4.35. The van der Waals surface area contributed by atoms with Gasteiger partial charge in [-0.05, 0) is 36.5 Å². The van der Waals surface area contributed by atoms with Crippen LogP contribution in [0.2, 0.25) is 0 Å². The number of ether oxygens (including phenoxy) is 2. The molecule has 1 aromatic carbocycles. The third kappa shape index (κ3) is 6.02. The molecule has 0 aliphatic carbocycles. The van der Waals surface area contributed by atoms with Crippen LogP contribution < -0.4 is 9.48 Å². The molecule has 0 unspecified atom stereocenters. The molecule has 0 aliphatic rings. The van der Waals surface area contributed by atoms with Gasteiger partial charge in [0.2, 0.25) is 4.74 Å². The number of hydrogen-bond acceptors (Lipinski definition) is 6. The molecule has 1 aromatic heterocycles. The molecule has 2 aromatic rings. The molecule has 128 valence electrons. The predicted octanol–water partition coefficient (Wildman–Crippen LogP) is 3.88. The minimum Gasteiger partial charge on any atom is -0.493 e. The molecule has 0 saturated heterocycles. The monoisotopic (exact) mass is 364 g/mol. The van der Waals surface area contributed by atoms with E-state index in [0.717, 1.165) is 34.4 Å². The van der Waals surface area contributed by atoms with E-state index in [1.54, 1.807) is 17.8 Å². The average molecular weight is 364 g/mol. The Kier molecular flexibility index (Phi) is 7.85. The molecule has 0 spiro atoms. The van der Waals surface area contributed by atoms with Crippen molar-refractivity contribution in [2.24, 2.45) is 0 Å². The van der Waals surface area contributed by atoms with Crippen LogP contribution in [0.4, 0.5) is 0 Å². The summed E-state index contributed by atoms with van der Waals surface area (Å²) in [7, 11) is 0. The molecule has 6 heteroatoms. The van der Waals surface area contributed by atoms with Crippen LogP contribution in [0.3, 0.4) is 0 Å². The minimum atomic E-state index is -0.373. The zero-order valence-electron chi connectivity index (χ0n) is 13.4. The zero-order chi connectivity index (χ0) is 17.2. The van der Waals surface area contributed by atoms with Gasteiger partial charge in [0.15, 0.2) is 0 Å². The highest BCUT2D eigenvalue weighted by Gasteiger charge is 2.04. The number of carbonyl (C=O) groups excluding carboxylic acids is 1. The number of fused-ring (bicyclic) bond motifs is 1. The molecule has 0 saturated carbocycles. The van der Waals surface area contributed by atoms with Crippen LogP contribution in [0, 0.1) is 0 Å². The van der Waals surface area contributed by atoms with E-state index in [0.29, 0.717) is 19.0 Å². The Bertz CT molecular complexity index is 739. The van der Waals surface area contributed by atoms with E-state index in [-0.39, 0.29) is 10.7 Å². The zero-order valence-corrected chi connectivity index (χ0v) is 15.0. The quantitative estimate of drug-likeness (QED) is 0.364. The van der Waals surface area contributed by atoms with E-state index in [9.17, 15) is 9.59 Å². The van der Waals surface area contributed by atoms with E-state index in [4.69, 9.17) is 9.47 Å². The topological polar surface area (TPSA) is 52.6 Å². The van der Waals surface area contributed by atoms with E-state index >= 15 is 0 Å². The van der Waals surface area contributed by atoms with Crippen molar-refractivity contribution >= 4 is 39.2 Å². The summed E-state index contributed by atoms with van der Waals surface area (Å²) < 4.78 is 11.6. The average Bonchev–Trinajstić information content (AvgIpc) is 2.59. The third-order valence-electron chi connectivity index (χ3n) is 3.15. The summed E-state index contributed by atoms with van der Waals surface area (Å²) in [4.78, 5) is 22.6. The molecule has 0 fully saturated rings. The van der Waals surface area contributed by atoms with Crippen molar-refractivity contribution in [2.75, 3.05) is 24.7 Å². The number of rotatable bonds is 10. The lowest BCUT2D eigenvalue weighted by atomic mass is 10.2. The lowest BCUT2D eigenvalue weighted by Crippen LogP contribution is -2.04. The van der Waals surface area contributed by atoms with Crippen LogP contribution in [-0.2, 0) is 9.53 Å². The van der Waals surface area contributed by atoms with Gasteiger partial charge in [-0.2, -0.15) is 11.8 Å². The molecule has 24 heavy (non-hydrogen) atoms. The van der Waals surface area contributed by atoms with Gasteiger partial charge < -0.3 is 9.47 Å². The van der Waals surface area contributed by atoms with Crippen molar-refractivity contribution in [2.45, 2.75) is 12.8 Å². The maximum atomic E-state index is 11.7. The lowest BCUT2D eigenvalue weighted by Gasteiger charge is -2.08. The SMILES string of the molecule is C=CC(=O)OCCCSCCCOc1cc(=O)sc2ccccc12. The second kappa shape index (κ2) is 10.2. The largest absolute Gasteiger partial charge is 0.493 e. The molecule has 2 rings (SSSR count). The van der Waals surface area contributed by atoms with Crippen LogP contribution in [0.1, 0.15) is 12.8 Å². The Morgan fingerprint density at radius 2 is 1.96 bits per heavy atom. The highest BCUT2D eigenvalue weighted by Crippen LogP contribution is 2.26. The van der Waals surface area contributed by atoms with E-state index in [2.05, 4.69) is 6.58 Å². The summed E-state index contributed by atoms with van der Waals surface area (Å²) in [6, 6.07) is 9.34. The molecule has 0 bridgehead atoms. The van der Waals surface area contributed by atoms with Gasteiger partial charge in [-0.3, -0.25) is 4.79 Å². The van der Waals surface area contributed by atoms with Crippen molar-refractivity contribution < 1.29 is 14.3 Å². The lowest BCUT2D eigenvalue weighted by molar-refractivity contribution is -0.137. The molecule has 0 N–H and O–H groups in total. The molecule has 0 amide bonds. The smallest absolute Gasteiger partial charge is 0.330 e. The first kappa shape index (κ1) is 18.5. The Hall–Kier alpha value is -1.79. The van der Waals surface area contributed by atoms with Crippen molar-refractivity contribution in [1.82, 2.24) is 0 Å². The van der Waals surface area contributed by atoms with Crippen molar-refractivity contribution in [3.05, 3.63) is 52.5 Å². The molecule has 0 aliphatic heterocycles. The summed E-state index contributed by atoms with van der Waals surface area (Å²) in [6.07, 6.45) is 2.90. The van der Waals surface area contributed by atoms with Crippen LogP contribution in [0.25, 0.3) is 10.1 Å². The van der Waals surface area contributed by atoms with Crippen LogP contribution in [0.5, 0.6) is 5.75 Å². The summed E-state index contributed by atoms with van der Waals surface area (Å²) in [5, 5.41) is 0.985. The Labute approximate surface area is 149 Å². The highest BCUT2D eigenvalue weighted by atomic mass is 32.2. The summed E-state index contributed by atoms with van der Waals surface area (Å²) in [5.74, 6) is 2.19. The van der Waals surface area contributed by atoms with Crippen molar-refractivity contribution in [3.8, 4) is 5.75 Å². The van der Waals surface area contributed by atoms with Crippen molar-refractivity contribution in [1.29, 1.82) is 0 Å². The van der Waals surface area contributed by atoms with Crippen LogP contribution in [-0.4, -0.2) is 30.7 Å². The fraction of sp³-hybridized carbons (Fsp3) is 0.333. The molecular formula is C18H20O4S2. The van der Waals surface area contributed by atoms with E-state index in [1.807, 2.05) is 24.3 Å². The van der Waals surface area contributed by atoms with Gasteiger partial charge in [0.25, 0.3) is 0 Å². The standard InChI is InChI=1S/C18H20O4S2/c1-2-17(19)22-10-6-12-23-11-5-9-21-15-13-18(20)24-16-8-4-3-7-14(15)16/h2-4,7-8,13H,1,5-6,9-12H2. The number of hydrogen-bond donors (Lipinski definition) is 0. The Morgan fingerprint density at radius 1 is 1.21 bits per heavy atom. The fourth-order valence-corrected chi connectivity index (χ4v) is 3.70. The number of benzene rings is 1. The van der Waals surface area contributed by atoms with E-state index in [1.165, 1.54) is 17.4 Å². The third-order valence-corrected chi connectivity index (χ3v) is 5.20. The molecule has 0 radical (unpaired) electrons. The van der Waals surface area contributed by atoms with E-state index < -0.39 is 0 Å². The number of esters is 1. The van der Waals surface area contributed by atoms with Crippen LogP contribution >= 0.6 is 23.1 Å². The second-order valence-electron chi connectivity index (χ2n) is 4.97. The first-order chi connectivity index (χ1) is 11.7. The number of thioether (sulfide) groups is 1. The Morgan fingerprint density at radius 3 is 2.75 bits per heavy atom. The van der Waals surface area contributed by atoms with Crippen LogP contribution in [0.15, 0.2) is 47.8 Å². The Balaban J connectivity index is 1.66. The molecule has 4 nitrogen and oxygen atoms in total. The first-order valence-electron chi connectivity index (χ1n) is 7.73. The van der Waals surface area contributed by atoms with Gasteiger partial charge in [0, 0.05) is 22.2 Å². The van der Waals surface area contributed by atoms with Gasteiger partial charge in [0.05, 0.1) is 13.2 Å². The predicted molar refractivity (Wildman–Crippen MR) is 101 cm³/mol. The normalized spacial score (nSPS) is 10.5. The fourth-order valence-electron chi connectivity index (χ4n) is 2.04. The summed E-state index contributed by atoms with van der Waals surface area (Å²) >= 11 is 3.03. The molecule has 1 heterocycles. The van der Waals surface area contributed by atoms with Gasteiger partial charge in [0.1, 0.15) is 5.75 Å². The summed E-state index contributed by atoms with van der Waals surface area (Å²) in [5.41, 5.74) is 0. The van der Waals surface area contributed by atoms with Crippen molar-refractivity contribution in [3.63, 3.8) is 0 Å². The van der Waals surface area contributed by atoms with Gasteiger partial charge in [-0.25, -0.2) is 4.79 Å².